The molecule has 0 N–H and O–H groups in total. The zero-order chi connectivity index (χ0) is 10.4. The molecule has 1 nitrogen and oxygen atoms in total. The van der Waals surface area contributed by atoms with Gasteiger partial charge >= 0.3 is 0 Å². The minimum atomic E-state index is 0.460. The summed E-state index contributed by atoms with van der Waals surface area (Å²) in [5.41, 5.74) is 0.460. The molecule has 1 aliphatic heterocycles. The summed E-state index contributed by atoms with van der Waals surface area (Å²) >= 11 is 7.32. The second kappa shape index (κ2) is 6.49. The van der Waals surface area contributed by atoms with Gasteiger partial charge in [-0.1, -0.05) is 38.8 Å². The van der Waals surface area contributed by atoms with Gasteiger partial charge in [0, 0.05) is 23.9 Å². The van der Waals surface area contributed by atoms with Crippen molar-refractivity contribution < 1.29 is 4.74 Å². The minimum absolute atomic E-state index is 0.460. The Morgan fingerprint density at radius 2 is 1.79 bits per heavy atom. The largest absolute Gasteiger partial charge is 0.381 e. The average Bonchev–Trinajstić information content (AvgIpc) is 2.28. The number of hydrogen-bond donors (Lipinski definition) is 0. The molecule has 3 heteroatoms. The van der Waals surface area contributed by atoms with Gasteiger partial charge in [-0.25, -0.2) is 0 Å². The highest BCUT2D eigenvalue weighted by atomic mass is 79.9. The van der Waals surface area contributed by atoms with E-state index in [1.165, 1.54) is 25.7 Å². The number of rotatable bonds is 5. The maximum atomic E-state index is 5.39. The van der Waals surface area contributed by atoms with Gasteiger partial charge in [-0.15, -0.1) is 0 Å². The molecule has 0 radical (unpaired) electrons. The third kappa shape index (κ3) is 3.49. The summed E-state index contributed by atoms with van der Waals surface area (Å²) in [5, 5.41) is 2.22. The summed E-state index contributed by atoms with van der Waals surface area (Å²) < 4.78 is 5.39. The predicted octanol–water partition coefficient (Wildman–Crippen LogP) is 3.99. The van der Waals surface area contributed by atoms with Crippen LogP contribution in [0.4, 0.5) is 0 Å². The van der Waals surface area contributed by atoms with Crippen molar-refractivity contribution >= 4 is 31.9 Å². The highest BCUT2D eigenvalue weighted by molar-refractivity contribution is 9.09. The number of halogens is 2. The lowest BCUT2D eigenvalue weighted by Crippen LogP contribution is -2.29. The van der Waals surface area contributed by atoms with Crippen LogP contribution in [0.25, 0.3) is 0 Å². The highest BCUT2D eigenvalue weighted by Gasteiger charge is 2.30. The maximum absolute atomic E-state index is 5.39. The van der Waals surface area contributed by atoms with Crippen molar-refractivity contribution in [3.05, 3.63) is 0 Å². The molecule has 1 saturated heterocycles. The molecule has 1 fully saturated rings. The van der Waals surface area contributed by atoms with Crippen LogP contribution in [0.1, 0.15) is 32.6 Å². The predicted molar refractivity (Wildman–Crippen MR) is 68.5 cm³/mol. The van der Waals surface area contributed by atoms with Crippen molar-refractivity contribution in [2.24, 2.45) is 11.3 Å². The number of hydrogen-bond acceptors (Lipinski definition) is 1. The van der Waals surface area contributed by atoms with Crippen molar-refractivity contribution in [2.75, 3.05) is 23.9 Å². The van der Waals surface area contributed by atoms with E-state index in [0.29, 0.717) is 5.41 Å². The molecule has 84 valence electrons. The lowest BCUT2D eigenvalue weighted by atomic mass is 9.78. The van der Waals surface area contributed by atoms with Crippen molar-refractivity contribution in [3.63, 3.8) is 0 Å². The van der Waals surface area contributed by atoms with E-state index in [-0.39, 0.29) is 0 Å². The fraction of sp³-hybridized carbons (Fsp3) is 1.00. The van der Waals surface area contributed by atoms with E-state index < -0.39 is 0 Å². The van der Waals surface area contributed by atoms with Crippen molar-refractivity contribution in [1.82, 2.24) is 0 Å². The second-order valence-electron chi connectivity index (χ2n) is 4.38. The topological polar surface area (TPSA) is 9.23 Å². The van der Waals surface area contributed by atoms with Crippen molar-refractivity contribution in [2.45, 2.75) is 32.6 Å². The van der Waals surface area contributed by atoms with E-state index >= 15 is 0 Å². The first kappa shape index (κ1) is 13.0. The Morgan fingerprint density at radius 3 is 2.21 bits per heavy atom. The van der Waals surface area contributed by atoms with Crippen LogP contribution in [-0.4, -0.2) is 23.9 Å². The lowest BCUT2D eigenvalue weighted by molar-refractivity contribution is 0.0521. The smallest absolute Gasteiger partial charge is 0.0468 e. The molecule has 1 heterocycles. The Kier molecular flexibility index (Phi) is 6.02. The summed E-state index contributed by atoms with van der Waals surface area (Å²) in [6.45, 7) is 4.23. The molecule has 0 unspecified atom stereocenters. The molecule has 0 aromatic carbocycles. The average molecular weight is 328 g/mol. The van der Waals surface area contributed by atoms with Gasteiger partial charge in [0.2, 0.25) is 0 Å². The number of alkyl halides is 2. The molecule has 0 amide bonds. The molecule has 1 rings (SSSR count). The van der Waals surface area contributed by atoms with Crippen LogP contribution >= 0.6 is 31.9 Å². The molecular weight excluding hydrogens is 308 g/mol. The van der Waals surface area contributed by atoms with Crippen LogP contribution in [0.2, 0.25) is 0 Å². The zero-order valence-corrected chi connectivity index (χ0v) is 12.1. The summed E-state index contributed by atoms with van der Waals surface area (Å²) in [6.07, 6.45) is 5.09. The van der Waals surface area contributed by atoms with Gasteiger partial charge in [0.1, 0.15) is 0 Å². The molecule has 0 atom stereocenters. The first-order valence-corrected chi connectivity index (χ1v) is 7.70. The SMILES string of the molecule is CCC(CBr)(CBr)CC1CCOCC1. The molecule has 1 aliphatic rings. The Balaban J connectivity index is 2.44. The molecule has 0 saturated carbocycles. The Hall–Kier alpha value is 0.920. The van der Waals surface area contributed by atoms with Crippen LogP contribution in [0.5, 0.6) is 0 Å². The van der Waals surface area contributed by atoms with Crippen LogP contribution in [0.3, 0.4) is 0 Å². The van der Waals surface area contributed by atoms with Gasteiger partial charge in [0.25, 0.3) is 0 Å². The fourth-order valence-corrected chi connectivity index (χ4v) is 4.22. The summed E-state index contributed by atoms with van der Waals surface area (Å²) in [6, 6.07) is 0. The van der Waals surface area contributed by atoms with Gasteiger partial charge in [-0.2, -0.15) is 0 Å². The van der Waals surface area contributed by atoms with Crippen molar-refractivity contribution in [1.29, 1.82) is 0 Å². The third-order valence-corrected chi connectivity index (χ3v) is 5.76. The minimum Gasteiger partial charge on any atom is -0.381 e. The monoisotopic (exact) mass is 326 g/mol. The standard InChI is InChI=1S/C11H20Br2O/c1-2-11(8-12,9-13)7-10-3-5-14-6-4-10/h10H,2-9H2,1H3. The normalized spacial score (nSPS) is 19.9. The van der Waals surface area contributed by atoms with E-state index in [0.717, 1.165) is 29.8 Å². The Bertz CT molecular complexity index is 143. The third-order valence-electron chi connectivity index (χ3n) is 3.38. The van der Waals surface area contributed by atoms with Crippen LogP contribution in [0, 0.1) is 11.3 Å². The molecule has 0 spiro atoms. The highest BCUT2D eigenvalue weighted by Crippen LogP contribution is 2.37. The Labute approximate surface area is 104 Å². The van der Waals surface area contributed by atoms with Crippen LogP contribution < -0.4 is 0 Å². The van der Waals surface area contributed by atoms with Gasteiger partial charge in [0.05, 0.1) is 0 Å². The molecule has 0 aromatic rings. The van der Waals surface area contributed by atoms with Gasteiger partial charge in [0.15, 0.2) is 0 Å². The lowest BCUT2D eigenvalue weighted by Gasteiger charge is -2.34. The maximum Gasteiger partial charge on any atom is 0.0468 e. The zero-order valence-electron chi connectivity index (χ0n) is 8.90. The van der Waals surface area contributed by atoms with Gasteiger partial charge in [-0.05, 0) is 37.0 Å². The molecule has 14 heavy (non-hydrogen) atoms. The van der Waals surface area contributed by atoms with E-state index in [1.807, 2.05) is 0 Å². The molecular formula is C11H20Br2O. The first-order valence-electron chi connectivity index (χ1n) is 5.46. The second-order valence-corrected chi connectivity index (χ2v) is 5.50. The van der Waals surface area contributed by atoms with E-state index in [1.54, 1.807) is 0 Å². The number of ether oxygens (including phenoxy) is 1. The van der Waals surface area contributed by atoms with E-state index in [4.69, 9.17) is 4.74 Å². The summed E-state index contributed by atoms with van der Waals surface area (Å²) in [7, 11) is 0. The first-order chi connectivity index (χ1) is 6.76. The Morgan fingerprint density at radius 1 is 1.21 bits per heavy atom. The summed E-state index contributed by atoms with van der Waals surface area (Å²) in [4.78, 5) is 0. The van der Waals surface area contributed by atoms with Gasteiger partial charge in [-0.3, -0.25) is 0 Å². The van der Waals surface area contributed by atoms with E-state index in [2.05, 4.69) is 38.8 Å². The molecule has 0 aromatic heterocycles. The van der Waals surface area contributed by atoms with E-state index in [9.17, 15) is 0 Å². The fourth-order valence-electron chi connectivity index (χ4n) is 2.04. The van der Waals surface area contributed by atoms with Gasteiger partial charge < -0.3 is 4.74 Å². The quantitative estimate of drug-likeness (QED) is 0.694. The molecule has 0 aliphatic carbocycles. The van der Waals surface area contributed by atoms with Crippen molar-refractivity contribution in [3.8, 4) is 0 Å². The summed E-state index contributed by atoms with van der Waals surface area (Å²) in [5.74, 6) is 0.874. The molecule has 0 bridgehead atoms. The van der Waals surface area contributed by atoms with Crippen LogP contribution in [0.15, 0.2) is 0 Å². The van der Waals surface area contributed by atoms with Crippen LogP contribution in [-0.2, 0) is 4.74 Å².